The maximum absolute atomic E-state index is 12.5. The Balaban J connectivity index is 1.30. The number of amides is 1. The molecule has 0 saturated carbocycles. The molecule has 174 valence electrons. The van der Waals surface area contributed by atoms with E-state index in [2.05, 4.69) is 15.1 Å². The van der Waals surface area contributed by atoms with Gasteiger partial charge in [-0.05, 0) is 80.4 Å². The number of hydrogen-bond acceptors (Lipinski definition) is 4. The fourth-order valence-corrected chi connectivity index (χ4v) is 4.70. The number of hydrogen-bond donors (Lipinski definition) is 2. The predicted molar refractivity (Wildman–Crippen MR) is 133 cm³/mol. The first kappa shape index (κ1) is 23.3. The molecule has 1 heterocycles. The summed E-state index contributed by atoms with van der Waals surface area (Å²) in [4.78, 5) is 12.7. The van der Waals surface area contributed by atoms with Gasteiger partial charge < -0.3 is 5.32 Å². The van der Waals surface area contributed by atoms with Gasteiger partial charge in [-0.15, -0.1) is 0 Å². The molecule has 7 nitrogen and oxygen atoms in total. The molecule has 34 heavy (non-hydrogen) atoms. The van der Waals surface area contributed by atoms with Gasteiger partial charge in [-0.1, -0.05) is 30.3 Å². The van der Waals surface area contributed by atoms with E-state index in [1.165, 1.54) is 12.1 Å². The van der Waals surface area contributed by atoms with Gasteiger partial charge in [0.05, 0.1) is 16.3 Å². The van der Waals surface area contributed by atoms with Crippen LogP contribution >= 0.6 is 0 Å². The van der Waals surface area contributed by atoms with E-state index in [9.17, 15) is 13.2 Å². The van der Waals surface area contributed by atoms with Crippen molar-refractivity contribution in [3.8, 4) is 5.69 Å². The van der Waals surface area contributed by atoms with E-state index in [4.69, 9.17) is 0 Å². The van der Waals surface area contributed by atoms with E-state index in [1.54, 1.807) is 42.5 Å². The molecule has 0 aliphatic rings. The molecular weight excluding hydrogens is 448 g/mol. The van der Waals surface area contributed by atoms with E-state index in [0.29, 0.717) is 24.2 Å². The van der Waals surface area contributed by atoms with Crippen LogP contribution < -0.4 is 10.0 Å². The maximum atomic E-state index is 12.5. The Morgan fingerprint density at radius 3 is 2.21 bits per heavy atom. The Bertz CT molecular complexity index is 1380. The quantitative estimate of drug-likeness (QED) is 0.399. The normalized spacial score (nSPS) is 11.2. The van der Waals surface area contributed by atoms with E-state index in [-0.39, 0.29) is 10.8 Å². The van der Waals surface area contributed by atoms with Crippen LogP contribution in [0.3, 0.4) is 0 Å². The van der Waals surface area contributed by atoms with Crippen LogP contribution in [0, 0.1) is 13.8 Å². The average molecular weight is 475 g/mol. The number of rotatable bonds is 8. The number of aromatic nitrogens is 2. The fourth-order valence-electron chi connectivity index (χ4n) is 3.62. The summed E-state index contributed by atoms with van der Waals surface area (Å²) < 4.78 is 29.3. The number of nitrogens with one attached hydrogen (secondary N) is 2. The standard InChI is InChI=1S/C26H26N4O3S/c1-19-18-20(2)30(28-19)24-14-8-21(9-15-24)16-17-27-26(31)22-10-12-23(13-11-22)29-34(32,33)25-6-4-3-5-7-25/h3-15,18,29H,16-17H2,1-2H3,(H,27,31). The Labute approximate surface area is 199 Å². The first-order valence-corrected chi connectivity index (χ1v) is 12.4. The van der Waals surface area contributed by atoms with Gasteiger partial charge in [-0.25, -0.2) is 13.1 Å². The van der Waals surface area contributed by atoms with Crippen LogP contribution in [0.15, 0.2) is 89.8 Å². The lowest BCUT2D eigenvalue weighted by Gasteiger charge is -2.10. The zero-order valence-corrected chi connectivity index (χ0v) is 19.8. The smallest absolute Gasteiger partial charge is 0.261 e. The highest BCUT2D eigenvalue weighted by Crippen LogP contribution is 2.17. The van der Waals surface area contributed by atoms with Crippen molar-refractivity contribution in [1.29, 1.82) is 0 Å². The molecule has 0 aliphatic heterocycles. The van der Waals surface area contributed by atoms with Crippen LogP contribution in [0.4, 0.5) is 5.69 Å². The molecule has 1 aromatic heterocycles. The summed E-state index contributed by atoms with van der Waals surface area (Å²) in [6, 6.07) is 24.6. The molecule has 0 atom stereocenters. The third kappa shape index (κ3) is 5.52. The second kappa shape index (κ2) is 9.93. The lowest BCUT2D eigenvalue weighted by atomic mass is 10.1. The molecule has 0 radical (unpaired) electrons. The number of carbonyl (C=O) groups excluding carboxylic acids is 1. The Morgan fingerprint density at radius 2 is 1.59 bits per heavy atom. The number of carbonyl (C=O) groups is 1. The Kier molecular flexibility index (Phi) is 6.79. The summed E-state index contributed by atoms with van der Waals surface area (Å²) >= 11 is 0. The third-order valence-electron chi connectivity index (χ3n) is 5.34. The lowest BCUT2D eigenvalue weighted by Crippen LogP contribution is -2.25. The van der Waals surface area contributed by atoms with Crippen LogP contribution in [0.1, 0.15) is 27.3 Å². The van der Waals surface area contributed by atoms with Crippen molar-refractivity contribution >= 4 is 21.6 Å². The molecular formula is C26H26N4O3S. The molecule has 2 N–H and O–H groups in total. The van der Waals surface area contributed by atoms with Gasteiger partial charge in [0.1, 0.15) is 0 Å². The molecule has 0 fully saturated rings. The van der Waals surface area contributed by atoms with E-state index in [1.807, 2.05) is 48.9 Å². The minimum atomic E-state index is -3.67. The molecule has 4 aromatic rings. The molecule has 1 amide bonds. The van der Waals surface area contributed by atoms with Crippen molar-refractivity contribution in [1.82, 2.24) is 15.1 Å². The Morgan fingerprint density at radius 1 is 0.912 bits per heavy atom. The zero-order chi connectivity index (χ0) is 24.1. The molecule has 0 aliphatic carbocycles. The number of sulfonamides is 1. The van der Waals surface area contributed by atoms with Crippen molar-refractivity contribution in [3.05, 3.63) is 107 Å². The SMILES string of the molecule is Cc1cc(C)n(-c2ccc(CCNC(=O)c3ccc(NS(=O)(=O)c4ccccc4)cc3)cc2)n1. The summed E-state index contributed by atoms with van der Waals surface area (Å²) in [5.74, 6) is -0.211. The van der Waals surface area contributed by atoms with Gasteiger partial charge in [-0.2, -0.15) is 5.10 Å². The average Bonchev–Trinajstić information content (AvgIpc) is 3.18. The zero-order valence-electron chi connectivity index (χ0n) is 19.0. The van der Waals surface area contributed by atoms with Gasteiger partial charge in [0.2, 0.25) is 0 Å². The second-order valence-electron chi connectivity index (χ2n) is 8.01. The molecule has 8 heteroatoms. The third-order valence-corrected chi connectivity index (χ3v) is 6.74. The second-order valence-corrected chi connectivity index (χ2v) is 9.69. The topological polar surface area (TPSA) is 93.1 Å². The largest absolute Gasteiger partial charge is 0.352 e. The summed E-state index contributed by atoms with van der Waals surface area (Å²) in [6.45, 7) is 4.48. The van der Waals surface area contributed by atoms with Gasteiger partial charge in [0.15, 0.2) is 0 Å². The van der Waals surface area contributed by atoms with Crippen molar-refractivity contribution in [2.24, 2.45) is 0 Å². The molecule has 0 bridgehead atoms. The summed E-state index contributed by atoms with van der Waals surface area (Å²) in [7, 11) is -3.67. The minimum Gasteiger partial charge on any atom is -0.352 e. The maximum Gasteiger partial charge on any atom is 0.261 e. The summed E-state index contributed by atoms with van der Waals surface area (Å²) in [6.07, 6.45) is 0.693. The molecule has 0 saturated heterocycles. The molecule has 0 unspecified atom stereocenters. The Hall–Kier alpha value is -3.91. The van der Waals surface area contributed by atoms with Crippen molar-refractivity contribution in [3.63, 3.8) is 0 Å². The minimum absolute atomic E-state index is 0.180. The van der Waals surface area contributed by atoms with E-state index >= 15 is 0 Å². The monoisotopic (exact) mass is 474 g/mol. The van der Waals surface area contributed by atoms with Gasteiger partial charge >= 0.3 is 0 Å². The van der Waals surface area contributed by atoms with E-state index < -0.39 is 10.0 Å². The van der Waals surface area contributed by atoms with Crippen LogP contribution in [0.2, 0.25) is 0 Å². The summed E-state index contributed by atoms with van der Waals surface area (Å²) in [5.41, 5.74) is 5.02. The first-order chi connectivity index (χ1) is 16.3. The first-order valence-electron chi connectivity index (χ1n) is 10.9. The van der Waals surface area contributed by atoms with Crippen LogP contribution in [-0.4, -0.2) is 30.7 Å². The van der Waals surface area contributed by atoms with Crippen LogP contribution in [0.25, 0.3) is 5.69 Å². The predicted octanol–water partition coefficient (Wildman–Crippen LogP) is 4.26. The number of anilines is 1. The van der Waals surface area contributed by atoms with Gasteiger partial charge in [0.25, 0.3) is 15.9 Å². The molecule has 4 rings (SSSR count). The number of aryl methyl sites for hydroxylation is 2. The lowest BCUT2D eigenvalue weighted by molar-refractivity contribution is 0.0954. The number of benzene rings is 3. The van der Waals surface area contributed by atoms with Crippen LogP contribution in [-0.2, 0) is 16.4 Å². The number of nitrogens with zero attached hydrogens (tertiary/aromatic N) is 2. The highest BCUT2D eigenvalue weighted by atomic mass is 32.2. The van der Waals surface area contributed by atoms with Crippen molar-refractivity contribution < 1.29 is 13.2 Å². The molecule has 0 spiro atoms. The van der Waals surface area contributed by atoms with Crippen molar-refractivity contribution in [2.75, 3.05) is 11.3 Å². The van der Waals surface area contributed by atoms with Gasteiger partial charge in [-0.3, -0.25) is 9.52 Å². The highest BCUT2D eigenvalue weighted by molar-refractivity contribution is 7.92. The molecule has 3 aromatic carbocycles. The highest BCUT2D eigenvalue weighted by Gasteiger charge is 2.14. The van der Waals surface area contributed by atoms with Crippen LogP contribution in [0.5, 0.6) is 0 Å². The fraction of sp³-hybridized carbons (Fsp3) is 0.154. The van der Waals surface area contributed by atoms with Crippen molar-refractivity contribution in [2.45, 2.75) is 25.2 Å². The summed E-state index contributed by atoms with van der Waals surface area (Å²) in [5, 5.41) is 7.40. The van der Waals surface area contributed by atoms with E-state index in [0.717, 1.165) is 22.6 Å². The van der Waals surface area contributed by atoms with Gasteiger partial charge in [0, 0.05) is 23.5 Å².